The third kappa shape index (κ3) is 5.09. The zero-order chi connectivity index (χ0) is 21.9. The van der Waals surface area contributed by atoms with Gasteiger partial charge in [0.2, 0.25) is 5.82 Å². The molecule has 1 unspecified atom stereocenters. The Kier molecular flexibility index (Phi) is 5.71. The van der Waals surface area contributed by atoms with Crippen LogP contribution in [0.5, 0.6) is 0 Å². The van der Waals surface area contributed by atoms with Crippen molar-refractivity contribution in [2.24, 2.45) is 4.36 Å². The molecule has 0 aliphatic rings. The molecule has 2 aromatic carbocycles. The molecule has 0 fully saturated rings. The molecule has 0 saturated carbocycles. The molecule has 3 rings (SSSR count). The van der Waals surface area contributed by atoms with Gasteiger partial charge >= 0.3 is 12.1 Å². The molecule has 0 bridgehead atoms. The first kappa shape index (κ1) is 21.2. The predicted molar refractivity (Wildman–Crippen MR) is 100 cm³/mol. The second-order valence-corrected chi connectivity index (χ2v) is 8.70. The lowest BCUT2D eigenvalue weighted by Crippen LogP contribution is -2.06. The lowest BCUT2D eigenvalue weighted by Gasteiger charge is -2.05. The highest BCUT2D eigenvalue weighted by atomic mass is 32.2. The number of halogens is 3. The van der Waals surface area contributed by atoms with E-state index in [4.69, 9.17) is 5.26 Å². The zero-order valence-corrected chi connectivity index (χ0v) is 16.2. The number of carbonyl (C=O) groups excluding carboxylic acids is 1. The summed E-state index contributed by atoms with van der Waals surface area (Å²) in [6.45, 7) is 0. The SMILES string of the molecule is CS(=O)(Cc1ccc(C#N)cc1)=NC(=O)c1cccc(-c2noc(C(F)(F)F)n2)c1. The Balaban J connectivity index is 1.84. The standard InChI is InChI=1S/C19H13F3N4O3S/c1-30(28,11-13-7-5-12(10-23)6-8-13)26-17(27)15-4-2-3-14(9-15)16-24-18(29-25-16)19(20,21)22/h2-9H,11H2,1H3. The van der Waals surface area contributed by atoms with Crippen molar-refractivity contribution < 1.29 is 26.7 Å². The van der Waals surface area contributed by atoms with Gasteiger partial charge in [-0.25, -0.2) is 4.21 Å². The summed E-state index contributed by atoms with van der Waals surface area (Å²) in [5.41, 5.74) is 1.21. The number of amides is 1. The maximum atomic E-state index is 12.7. The van der Waals surface area contributed by atoms with E-state index in [0.29, 0.717) is 11.1 Å². The molecule has 7 nitrogen and oxygen atoms in total. The Bertz CT molecular complexity index is 1250. The third-order valence-electron chi connectivity index (χ3n) is 3.83. The normalized spacial score (nSPS) is 13.3. The molecule has 1 amide bonds. The predicted octanol–water partition coefficient (Wildman–Crippen LogP) is 4.07. The summed E-state index contributed by atoms with van der Waals surface area (Å²) in [5, 5.41) is 12.1. The van der Waals surface area contributed by atoms with E-state index in [1.54, 1.807) is 24.3 Å². The van der Waals surface area contributed by atoms with Crippen molar-refractivity contribution in [1.29, 1.82) is 5.26 Å². The van der Waals surface area contributed by atoms with Crippen LogP contribution in [0.1, 0.15) is 27.4 Å². The van der Waals surface area contributed by atoms with Crippen LogP contribution in [-0.2, 0) is 21.7 Å². The van der Waals surface area contributed by atoms with Gasteiger partial charge in [-0.3, -0.25) is 4.79 Å². The van der Waals surface area contributed by atoms with Crippen molar-refractivity contribution in [1.82, 2.24) is 10.1 Å². The van der Waals surface area contributed by atoms with Crippen molar-refractivity contribution in [2.75, 3.05) is 6.26 Å². The summed E-state index contributed by atoms with van der Waals surface area (Å²) in [5.74, 6) is -2.65. The highest BCUT2D eigenvalue weighted by molar-refractivity contribution is 7.92. The number of rotatable bonds is 4. The van der Waals surface area contributed by atoms with Gasteiger partial charge in [-0.15, -0.1) is 0 Å². The molecule has 3 aromatic rings. The number of hydrogen-bond acceptors (Lipinski definition) is 6. The molecule has 0 spiro atoms. The van der Waals surface area contributed by atoms with Crippen LogP contribution in [0.25, 0.3) is 11.4 Å². The number of nitrogens with zero attached hydrogens (tertiary/aromatic N) is 4. The summed E-state index contributed by atoms with van der Waals surface area (Å²) in [6.07, 6.45) is -3.46. The van der Waals surface area contributed by atoms with E-state index in [1.807, 2.05) is 6.07 Å². The van der Waals surface area contributed by atoms with E-state index >= 15 is 0 Å². The van der Waals surface area contributed by atoms with Gasteiger partial charge in [0.1, 0.15) is 0 Å². The average Bonchev–Trinajstić information content (AvgIpc) is 3.19. The van der Waals surface area contributed by atoms with E-state index < -0.39 is 27.7 Å². The van der Waals surface area contributed by atoms with Crippen LogP contribution in [0.15, 0.2) is 57.4 Å². The molecule has 1 heterocycles. The lowest BCUT2D eigenvalue weighted by atomic mass is 10.1. The van der Waals surface area contributed by atoms with E-state index in [9.17, 15) is 22.2 Å². The number of benzene rings is 2. The minimum atomic E-state index is -4.78. The van der Waals surface area contributed by atoms with Gasteiger partial charge in [0.15, 0.2) is 0 Å². The van der Waals surface area contributed by atoms with E-state index in [2.05, 4.69) is 19.0 Å². The maximum Gasteiger partial charge on any atom is 0.471 e. The van der Waals surface area contributed by atoms with Gasteiger partial charge in [-0.05, 0) is 29.8 Å². The van der Waals surface area contributed by atoms with Gasteiger partial charge in [0, 0.05) is 17.4 Å². The molecular weight excluding hydrogens is 421 g/mol. The Labute approximate surface area is 169 Å². The lowest BCUT2D eigenvalue weighted by molar-refractivity contribution is -0.159. The molecule has 11 heteroatoms. The Morgan fingerprint density at radius 1 is 1.23 bits per heavy atom. The molecule has 30 heavy (non-hydrogen) atoms. The van der Waals surface area contributed by atoms with Crippen LogP contribution in [0.2, 0.25) is 0 Å². The molecule has 0 aliphatic heterocycles. The molecule has 1 aromatic heterocycles. The van der Waals surface area contributed by atoms with Crippen LogP contribution in [0.4, 0.5) is 13.2 Å². The van der Waals surface area contributed by atoms with Crippen LogP contribution in [0, 0.1) is 11.3 Å². The summed E-state index contributed by atoms with van der Waals surface area (Å²) in [6, 6.07) is 13.8. The van der Waals surface area contributed by atoms with E-state index in [0.717, 1.165) is 0 Å². The van der Waals surface area contributed by atoms with Gasteiger partial charge in [-0.2, -0.15) is 27.8 Å². The molecule has 0 radical (unpaired) electrons. The van der Waals surface area contributed by atoms with Crippen molar-refractivity contribution in [3.05, 3.63) is 71.1 Å². The van der Waals surface area contributed by atoms with Crippen LogP contribution in [0.3, 0.4) is 0 Å². The molecule has 1 atom stereocenters. The number of nitriles is 1. The zero-order valence-electron chi connectivity index (χ0n) is 15.4. The average molecular weight is 434 g/mol. The number of aromatic nitrogens is 2. The first-order valence-electron chi connectivity index (χ1n) is 8.32. The topological polar surface area (TPSA) is 109 Å². The van der Waals surface area contributed by atoms with Gasteiger partial charge < -0.3 is 4.52 Å². The highest BCUT2D eigenvalue weighted by Gasteiger charge is 2.38. The minimum Gasteiger partial charge on any atom is -0.329 e. The van der Waals surface area contributed by atoms with Crippen molar-refractivity contribution in [2.45, 2.75) is 11.9 Å². The van der Waals surface area contributed by atoms with Crippen LogP contribution in [-0.4, -0.2) is 26.5 Å². The molecular formula is C19H13F3N4O3S. The second kappa shape index (κ2) is 8.08. The largest absolute Gasteiger partial charge is 0.471 e. The van der Waals surface area contributed by atoms with E-state index in [1.165, 1.54) is 30.5 Å². The number of carbonyl (C=O) groups is 1. The van der Waals surface area contributed by atoms with Crippen LogP contribution < -0.4 is 0 Å². The van der Waals surface area contributed by atoms with Gasteiger partial charge in [-0.1, -0.05) is 29.4 Å². The first-order chi connectivity index (χ1) is 14.1. The summed E-state index contributed by atoms with van der Waals surface area (Å²) in [4.78, 5) is 15.7. The fraction of sp³-hybridized carbons (Fsp3) is 0.158. The third-order valence-corrected chi connectivity index (χ3v) is 5.25. The fourth-order valence-corrected chi connectivity index (χ4v) is 3.82. The van der Waals surface area contributed by atoms with Crippen molar-refractivity contribution >= 4 is 15.6 Å². The quantitative estimate of drug-likeness (QED) is 0.612. The van der Waals surface area contributed by atoms with Crippen molar-refractivity contribution in [3.63, 3.8) is 0 Å². The monoisotopic (exact) mass is 434 g/mol. The Morgan fingerprint density at radius 3 is 2.53 bits per heavy atom. The molecule has 0 saturated heterocycles. The summed E-state index contributed by atoms with van der Waals surface area (Å²) < 4.78 is 58.6. The Morgan fingerprint density at radius 2 is 1.93 bits per heavy atom. The van der Waals surface area contributed by atoms with Crippen LogP contribution >= 0.6 is 0 Å². The van der Waals surface area contributed by atoms with Crippen molar-refractivity contribution in [3.8, 4) is 17.5 Å². The second-order valence-electron chi connectivity index (χ2n) is 6.31. The Hall–Kier alpha value is -3.52. The maximum absolute atomic E-state index is 12.7. The van der Waals surface area contributed by atoms with Gasteiger partial charge in [0.25, 0.3) is 5.91 Å². The van der Waals surface area contributed by atoms with E-state index in [-0.39, 0.29) is 22.7 Å². The number of hydrogen-bond donors (Lipinski definition) is 0. The fourth-order valence-electron chi connectivity index (χ4n) is 2.49. The number of alkyl halides is 3. The molecule has 0 aliphatic carbocycles. The first-order valence-corrected chi connectivity index (χ1v) is 10.4. The highest BCUT2D eigenvalue weighted by Crippen LogP contribution is 2.29. The summed E-state index contributed by atoms with van der Waals surface area (Å²) >= 11 is 0. The molecule has 154 valence electrons. The smallest absolute Gasteiger partial charge is 0.329 e. The van der Waals surface area contributed by atoms with Gasteiger partial charge in [0.05, 0.1) is 27.1 Å². The minimum absolute atomic E-state index is 0.01000. The molecule has 0 N–H and O–H groups in total. The summed E-state index contributed by atoms with van der Waals surface area (Å²) in [7, 11) is -2.95.